The quantitative estimate of drug-likeness (QED) is 0.598. The summed E-state index contributed by atoms with van der Waals surface area (Å²) >= 11 is 0. The third kappa shape index (κ3) is 4.45. The highest BCUT2D eigenvalue weighted by Gasteiger charge is 2.32. The lowest BCUT2D eigenvalue weighted by atomic mass is 9.90. The predicted molar refractivity (Wildman–Crippen MR) is 133 cm³/mol. The zero-order valence-electron chi connectivity index (χ0n) is 19.3. The van der Waals surface area contributed by atoms with Crippen molar-refractivity contribution in [2.75, 3.05) is 26.2 Å². The number of nitrogens with one attached hydrogen (secondary N) is 1. The highest BCUT2D eigenvalue weighted by molar-refractivity contribution is 5.90. The van der Waals surface area contributed by atoms with Crippen molar-refractivity contribution in [2.24, 2.45) is 5.92 Å². The first-order valence-corrected chi connectivity index (χ1v) is 12.2. The van der Waals surface area contributed by atoms with Crippen LogP contribution in [0.1, 0.15) is 42.9 Å². The second-order valence-electron chi connectivity index (χ2n) is 9.31. The molecular formula is C28H31N3O3. The Balaban J connectivity index is 1.36. The van der Waals surface area contributed by atoms with E-state index in [4.69, 9.17) is 0 Å². The summed E-state index contributed by atoms with van der Waals surface area (Å²) in [5.41, 5.74) is 1.63. The number of phenolic OH excluding ortho intramolecular Hbond substituents is 1. The van der Waals surface area contributed by atoms with E-state index in [0.29, 0.717) is 31.5 Å². The molecule has 0 radical (unpaired) electrons. The number of carbonyl (C=O) groups is 2. The van der Waals surface area contributed by atoms with Crippen molar-refractivity contribution in [3.05, 3.63) is 77.9 Å². The van der Waals surface area contributed by atoms with Crippen molar-refractivity contribution in [1.82, 2.24) is 15.1 Å². The van der Waals surface area contributed by atoms with Crippen LogP contribution in [0.5, 0.6) is 5.75 Å². The van der Waals surface area contributed by atoms with Crippen molar-refractivity contribution in [2.45, 2.75) is 31.7 Å². The van der Waals surface area contributed by atoms with E-state index >= 15 is 0 Å². The van der Waals surface area contributed by atoms with Crippen molar-refractivity contribution in [3.63, 3.8) is 0 Å². The molecule has 2 heterocycles. The number of hydrogen-bond donors (Lipinski definition) is 2. The number of urea groups is 1. The number of fused-ring (bicyclic) bond motifs is 1. The molecule has 3 amide bonds. The molecule has 3 aromatic carbocycles. The number of hydrogen-bond acceptors (Lipinski definition) is 3. The van der Waals surface area contributed by atoms with Gasteiger partial charge in [0, 0.05) is 37.7 Å². The maximum Gasteiger partial charge on any atom is 0.319 e. The zero-order chi connectivity index (χ0) is 23.5. The summed E-state index contributed by atoms with van der Waals surface area (Å²) in [4.78, 5) is 30.0. The minimum absolute atomic E-state index is 0.0329. The number of phenols is 1. The fraction of sp³-hybridized carbons (Fsp3) is 0.357. The summed E-state index contributed by atoms with van der Waals surface area (Å²) in [6.45, 7) is 2.88. The molecule has 2 saturated heterocycles. The molecule has 0 aliphatic carbocycles. The lowest BCUT2D eigenvalue weighted by Crippen LogP contribution is -2.48. The first-order chi connectivity index (χ1) is 16.6. The van der Waals surface area contributed by atoms with Gasteiger partial charge in [-0.05, 0) is 48.1 Å². The van der Waals surface area contributed by atoms with Crippen molar-refractivity contribution < 1.29 is 14.7 Å². The number of piperidine rings is 1. The molecule has 5 rings (SSSR count). The Kier molecular flexibility index (Phi) is 6.39. The van der Waals surface area contributed by atoms with E-state index in [9.17, 15) is 14.7 Å². The summed E-state index contributed by atoms with van der Waals surface area (Å²) < 4.78 is 0. The minimum atomic E-state index is -0.468. The summed E-state index contributed by atoms with van der Waals surface area (Å²) in [6.07, 6.45) is 3.45. The van der Waals surface area contributed by atoms with Crippen molar-refractivity contribution in [1.29, 1.82) is 0 Å². The average Bonchev–Trinajstić information content (AvgIpc) is 3.43. The van der Waals surface area contributed by atoms with E-state index in [0.717, 1.165) is 42.3 Å². The number of nitrogens with zero attached hydrogens (tertiary/aromatic N) is 2. The molecule has 6 nitrogen and oxygen atoms in total. The molecule has 1 unspecified atom stereocenters. The van der Waals surface area contributed by atoms with Gasteiger partial charge < -0.3 is 20.2 Å². The van der Waals surface area contributed by atoms with Crippen LogP contribution in [-0.4, -0.2) is 53.0 Å². The minimum Gasteiger partial charge on any atom is -0.508 e. The first-order valence-electron chi connectivity index (χ1n) is 12.2. The number of rotatable bonds is 4. The normalized spacial score (nSPS) is 17.6. The standard InChI is InChI=1S/C28H31N3O3/c32-24-13-12-20-8-4-5-11-23(20)25(24)26(21-9-2-1-3-10-21)29-27(33)22-14-18-31(19-15-22)28(34)30-16-6-7-17-30/h1-5,8-13,22,26,32H,6-7,14-19H2,(H,29,33). The molecular weight excluding hydrogens is 426 g/mol. The molecule has 2 N–H and O–H groups in total. The van der Waals surface area contributed by atoms with Gasteiger partial charge in [0.25, 0.3) is 0 Å². The average molecular weight is 458 g/mol. The van der Waals surface area contributed by atoms with Gasteiger partial charge in [0.05, 0.1) is 6.04 Å². The van der Waals surface area contributed by atoms with Gasteiger partial charge in [0.15, 0.2) is 0 Å². The van der Waals surface area contributed by atoms with Gasteiger partial charge in [-0.15, -0.1) is 0 Å². The Morgan fingerprint density at radius 1 is 0.824 bits per heavy atom. The zero-order valence-corrected chi connectivity index (χ0v) is 19.3. The van der Waals surface area contributed by atoms with E-state index in [1.807, 2.05) is 70.5 Å². The molecule has 34 heavy (non-hydrogen) atoms. The number of benzene rings is 3. The Hall–Kier alpha value is -3.54. The Labute approximate surface area is 200 Å². The summed E-state index contributed by atoms with van der Waals surface area (Å²) in [5.74, 6) is -0.0284. The lowest BCUT2D eigenvalue weighted by Gasteiger charge is -2.34. The van der Waals surface area contributed by atoms with Crippen LogP contribution >= 0.6 is 0 Å². The van der Waals surface area contributed by atoms with E-state index in [1.165, 1.54) is 0 Å². The molecule has 0 spiro atoms. The molecule has 1 atom stereocenters. The van der Waals surface area contributed by atoms with E-state index in [2.05, 4.69) is 5.32 Å². The summed E-state index contributed by atoms with van der Waals surface area (Å²) in [6, 6.07) is 20.9. The van der Waals surface area contributed by atoms with Crippen LogP contribution in [0.15, 0.2) is 66.7 Å². The second-order valence-corrected chi connectivity index (χ2v) is 9.31. The van der Waals surface area contributed by atoms with Gasteiger partial charge in [0.2, 0.25) is 5.91 Å². The third-order valence-electron chi connectivity index (χ3n) is 7.17. The molecule has 0 aromatic heterocycles. The van der Waals surface area contributed by atoms with Gasteiger partial charge in [-0.3, -0.25) is 4.79 Å². The highest BCUT2D eigenvalue weighted by atomic mass is 16.3. The number of carbonyl (C=O) groups excluding carboxylic acids is 2. The molecule has 0 bridgehead atoms. The fourth-order valence-corrected chi connectivity index (χ4v) is 5.26. The molecule has 2 aliphatic rings. The summed E-state index contributed by atoms with van der Waals surface area (Å²) in [5, 5.41) is 16.0. The van der Waals surface area contributed by atoms with E-state index < -0.39 is 6.04 Å². The van der Waals surface area contributed by atoms with Crippen LogP contribution < -0.4 is 5.32 Å². The maximum atomic E-state index is 13.4. The smallest absolute Gasteiger partial charge is 0.319 e. The number of aromatic hydroxyl groups is 1. The molecule has 6 heteroatoms. The van der Waals surface area contributed by atoms with Gasteiger partial charge in [-0.2, -0.15) is 0 Å². The lowest BCUT2D eigenvalue weighted by molar-refractivity contribution is -0.126. The number of likely N-dealkylation sites (tertiary alicyclic amines) is 2. The maximum absolute atomic E-state index is 13.4. The van der Waals surface area contributed by atoms with E-state index in [-0.39, 0.29) is 23.6 Å². The van der Waals surface area contributed by atoms with E-state index in [1.54, 1.807) is 6.07 Å². The van der Waals surface area contributed by atoms with Crippen LogP contribution in [0.2, 0.25) is 0 Å². The monoisotopic (exact) mass is 457 g/mol. The van der Waals surface area contributed by atoms with Crippen LogP contribution in [-0.2, 0) is 4.79 Å². The molecule has 176 valence electrons. The van der Waals surface area contributed by atoms with Crippen LogP contribution in [0.3, 0.4) is 0 Å². The first kappa shape index (κ1) is 22.3. The second kappa shape index (κ2) is 9.75. The van der Waals surface area contributed by atoms with Crippen LogP contribution in [0.4, 0.5) is 4.79 Å². The molecule has 0 saturated carbocycles. The van der Waals surface area contributed by atoms with Gasteiger partial charge in [0.1, 0.15) is 5.75 Å². The Bertz CT molecular complexity index is 1170. The molecule has 2 fully saturated rings. The predicted octanol–water partition coefficient (Wildman–Crippen LogP) is 4.68. The Morgan fingerprint density at radius 2 is 1.47 bits per heavy atom. The van der Waals surface area contributed by atoms with Gasteiger partial charge >= 0.3 is 6.03 Å². The van der Waals surface area contributed by atoms with Crippen LogP contribution in [0.25, 0.3) is 10.8 Å². The largest absolute Gasteiger partial charge is 0.508 e. The van der Waals surface area contributed by atoms with Gasteiger partial charge in [-0.1, -0.05) is 60.7 Å². The van der Waals surface area contributed by atoms with Gasteiger partial charge in [-0.25, -0.2) is 4.79 Å². The highest BCUT2D eigenvalue weighted by Crippen LogP contribution is 2.36. The Morgan fingerprint density at radius 3 is 2.21 bits per heavy atom. The topological polar surface area (TPSA) is 72.9 Å². The summed E-state index contributed by atoms with van der Waals surface area (Å²) in [7, 11) is 0. The van der Waals surface area contributed by atoms with Crippen molar-refractivity contribution in [3.8, 4) is 5.75 Å². The fourth-order valence-electron chi connectivity index (χ4n) is 5.26. The molecule has 3 aromatic rings. The third-order valence-corrected chi connectivity index (χ3v) is 7.17. The van der Waals surface area contributed by atoms with Crippen molar-refractivity contribution >= 4 is 22.7 Å². The number of amides is 3. The van der Waals surface area contributed by atoms with Crippen LogP contribution in [0, 0.1) is 5.92 Å². The molecule has 2 aliphatic heterocycles. The SMILES string of the molecule is O=C(NC(c1ccccc1)c1c(O)ccc2ccccc12)C1CCN(C(=O)N2CCCC2)CC1.